The van der Waals surface area contributed by atoms with Crippen LogP contribution >= 0.6 is 11.3 Å². The Morgan fingerprint density at radius 1 is 1.55 bits per heavy atom. The summed E-state index contributed by atoms with van der Waals surface area (Å²) in [5, 5.41) is 0. The van der Waals surface area contributed by atoms with Crippen LogP contribution in [-0.2, 0) is 20.7 Å². The van der Waals surface area contributed by atoms with Crippen LogP contribution in [0.2, 0.25) is 0 Å². The second-order valence-electron chi connectivity index (χ2n) is 4.69. The second kappa shape index (κ2) is 6.65. The van der Waals surface area contributed by atoms with Crippen molar-refractivity contribution in [2.45, 2.75) is 31.7 Å². The van der Waals surface area contributed by atoms with Crippen molar-refractivity contribution in [3.63, 3.8) is 0 Å². The largest absolute Gasteiger partial charge is 0.465 e. The van der Waals surface area contributed by atoms with Crippen LogP contribution in [0.4, 0.5) is 0 Å². The summed E-state index contributed by atoms with van der Waals surface area (Å²) in [4.78, 5) is 37.1. The summed E-state index contributed by atoms with van der Waals surface area (Å²) in [6.45, 7) is 0.591. The van der Waals surface area contributed by atoms with Gasteiger partial charge in [0.05, 0.1) is 13.2 Å². The molecule has 1 aliphatic heterocycles. The van der Waals surface area contributed by atoms with Crippen LogP contribution in [-0.4, -0.2) is 42.8 Å². The molecule has 0 N–H and O–H groups in total. The van der Waals surface area contributed by atoms with E-state index in [0.29, 0.717) is 24.3 Å². The number of carbonyl (C=O) groups is 3. The molecule has 108 valence electrons. The van der Waals surface area contributed by atoms with Gasteiger partial charge in [0.2, 0.25) is 5.91 Å². The van der Waals surface area contributed by atoms with Crippen LogP contribution in [0.25, 0.3) is 0 Å². The van der Waals surface area contributed by atoms with Crippen molar-refractivity contribution in [2.24, 2.45) is 0 Å². The Bertz CT molecular complexity index is 511. The lowest BCUT2D eigenvalue weighted by molar-refractivity contribution is -0.131. The molecular formula is C14H17NO4S. The lowest BCUT2D eigenvalue weighted by Crippen LogP contribution is -2.34. The molecule has 0 saturated carbocycles. The zero-order chi connectivity index (χ0) is 14.5. The van der Waals surface area contributed by atoms with E-state index in [1.54, 1.807) is 11.0 Å². The molecule has 0 aliphatic carbocycles. The maximum absolute atomic E-state index is 11.6. The summed E-state index contributed by atoms with van der Waals surface area (Å²) in [6.07, 6.45) is 3.53. The maximum Gasteiger partial charge on any atom is 0.348 e. The molecule has 1 aromatic heterocycles. The summed E-state index contributed by atoms with van der Waals surface area (Å²) >= 11 is 1.41. The SMILES string of the molecule is COC(=O)c1ccc(CCCN2C(=O)CCC2C=O)s1. The maximum atomic E-state index is 11.6. The summed E-state index contributed by atoms with van der Waals surface area (Å²) < 4.78 is 4.66. The molecule has 0 spiro atoms. The van der Waals surface area contributed by atoms with Gasteiger partial charge < -0.3 is 14.4 Å². The number of likely N-dealkylation sites (tertiary alicyclic amines) is 1. The number of hydrogen-bond acceptors (Lipinski definition) is 5. The molecule has 5 nitrogen and oxygen atoms in total. The Hall–Kier alpha value is -1.69. The quantitative estimate of drug-likeness (QED) is 0.591. The second-order valence-corrected chi connectivity index (χ2v) is 5.86. The van der Waals surface area contributed by atoms with Gasteiger partial charge in [-0.2, -0.15) is 0 Å². The highest BCUT2D eigenvalue weighted by atomic mass is 32.1. The Morgan fingerprint density at radius 3 is 3.05 bits per heavy atom. The number of thiophene rings is 1. The van der Waals surface area contributed by atoms with E-state index >= 15 is 0 Å². The predicted octanol–water partition coefficient (Wildman–Crippen LogP) is 1.66. The third kappa shape index (κ3) is 3.25. The van der Waals surface area contributed by atoms with Crippen molar-refractivity contribution in [1.29, 1.82) is 0 Å². The van der Waals surface area contributed by atoms with Gasteiger partial charge in [0, 0.05) is 17.8 Å². The predicted molar refractivity (Wildman–Crippen MR) is 74.8 cm³/mol. The Balaban J connectivity index is 1.83. The minimum absolute atomic E-state index is 0.0588. The molecule has 0 aromatic carbocycles. The Labute approximate surface area is 121 Å². The molecule has 6 heteroatoms. The van der Waals surface area contributed by atoms with E-state index in [1.807, 2.05) is 6.07 Å². The standard InChI is InChI=1S/C14H17NO4S/c1-19-14(18)12-6-5-11(20-12)3-2-8-15-10(9-16)4-7-13(15)17/h5-6,9-10H,2-4,7-8H2,1H3. The molecule has 1 saturated heterocycles. The molecule has 1 aromatic rings. The first-order valence-corrected chi connectivity index (χ1v) is 7.39. The zero-order valence-corrected chi connectivity index (χ0v) is 12.1. The smallest absolute Gasteiger partial charge is 0.348 e. The van der Waals surface area contributed by atoms with E-state index in [0.717, 1.165) is 24.0 Å². The van der Waals surface area contributed by atoms with Gasteiger partial charge in [-0.3, -0.25) is 4.79 Å². The number of esters is 1. The number of amides is 1. The van der Waals surface area contributed by atoms with Crippen LogP contribution in [0, 0.1) is 0 Å². The topological polar surface area (TPSA) is 63.7 Å². The molecular weight excluding hydrogens is 278 g/mol. The van der Waals surface area contributed by atoms with Gasteiger partial charge in [0.15, 0.2) is 0 Å². The van der Waals surface area contributed by atoms with Gasteiger partial charge in [0.25, 0.3) is 0 Å². The number of aryl methyl sites for hydroxylation is 1. The molecule has 1 atom stereocenters. The van der Waals surface area contributed by atoms with E-state index < -0.39 is 0 Å². The zero-order valence-electron chi connectivity index (χ0n) is 11.3. The highest BCUT2D eigenvalue weighted by molar-refractivity contribution is 7.13. The Kier molecular flexibility index (Phi) is 4.89. The third-order valence-electron chi connectivity index (χ3n) is 3.40. The van der Waals surface area contributed by atoms with Crippen LogP contribution in [0.1, 0.15) is 33.8 Å². The molecule has 20 heavy (non-hydrogen) atoms. The number of methoxy groups -OCH3 is 1. The van der Waals surface area contributed by atoms with Crippen LogP contribution in [0.15, 0.2) is 12.1 Å². The van der Waals surface area contributed by atoms with Crippen LogP contribution in [0.5, 0.6) is 0 Å². The van der Waals surface area contributed by atoms with Crippen molar-refractivity contribution in [3.05, 3.63) is 21.9 Å². The first-order valence-electron chi connectivity index (χ1n) is 6.57. The fourth-order valence-electron chi connectivity index (χ4n) is 2.33. The van der Waals surface area contributed by atoms with Crippen LogP contribution < -0.4 is 0 Å². The van der Waals surface area contributed by atoms with Gasteiger partial charge in [-0.25, -0.2) is 4.79 Å². The van der Waals surface area contributed by atoms with E-state index in [1.165, 1.54) is 18.4 Å². The van der Waals surface area contributed by atoms with Gasteiger partial charge in [-0.1, -0.05) is 0 Å². The van der Waals surface area contributed by atoms with E-state index in [-0.39, 0.29) is 17.9 Å². The lowest BCUT2D eigenvalue weighted by atomic mass is 10.2. The summed E-state index contributed by atoms with van der Waals surface area (Å²) in [7, 11) is 1.36. The van der Waals surface area contributed by atoms with Crippen molar-refractivity contribution in [1.82, 2.24) is 4.90 Å². The fraction of sp³-hybridized carbons (Fsp3) is 0.500. The average molecular weight is 295 g/mol. The molecule has 1 fully saturated rings. The molecule has 1 amide bonds. The third-order valence-corrected chi connectivity index (χ3v) is 4.53. The minimum Gasteiger partial charge on any atom is -0.465 e. The number of rotatable bonds is 6. The molecule has 1 unspecified atom stereocenters. The number of carbonyl (C=O) groups excluding carboxylic acids is 3. The van der Waals surface area contributed by atoms with Gasteiger partial charge in [-0.15, -0.1) is 11.3 Å². The Morgan fingerprint density at radius 2 is 2.35 bits per heavy atom. The molecule has 2 rings (SSSR count). The molecule has 1 aliphatic rings. The van der Waals surface area contributed by atoms with Crippen molar-refractivity contribution >= 4 is 29.5 Å². The van der Waals surface area contributed by atoms with E-state index in [9.17, 15) is 14.4 Å². The number of ether oxygens (including phenoxy) is 1. The fourth-order valence-corrected chi connectivity index (χ4v) is 3.30. The monoisotopic (exact) mass is 295 g/mol. The summed E-state index contributed by atoms with van der Waals surface area (Å²) in [5.41, 5.74) is 0. The highest BCUT2D eigenvalue weighted by Gasteiger charge is 2.29. The van der Waals surface area contributed by atoms with Gasteiger partial charge in [-0.05, 0) is 31.4 Å². The molecule has 0 bridgehead atoms. The minimum atomic E-state index is -0.322. The number of aldehydes is 1. The summed E-state index contributed by atoms with van der Waals surface area (Å²) in [6, 6.07) is 3.40. The highest BCUT2D eigenvalue weighted by Crippen LogP contribution is 2.21. The molecule has 2 heterocycles. The normalized spacial score (nSPS) is 18.4. The van der Waals surface area contributed by atoms with E-state index in [4.69, 9.17) is 0 Å². The summed E-state index contributed by atoms with van der Waals surface area (Å²) in [5.74, 6) is -0.263. The first-order chi connectivity index (χ1) is 9.65. The number of hydrogen-bond donors (Lipinski definition) is 0. The van der Waals surface area contributed by atoms with Crippen molar-refractivity contribution < 1.29 is 19.1 Å². The van der Waals surface area contributed by atoms with Gasteiger partial charge in [0.1, 0.15) is 11.2 Å². The lowest BCUT2D eigenvalue weighted by Gasteiger charge is -2.20. The van der Waals surface area contributed by atoms with Gasteiger partial charge >= 0.3 is 5.97 Å². The van der Waals surface area contributed by atoms with Crippen molar-refractivity contribution in [3.8, 4) is 0 Å². The average Bonchev–Trinajstić information content (AvgIpc) is 3.06. The molecule has 0 radical (unpaired) electrons. The van der Waals surface area contributed by atoms with Crippen LogP contribution in [0.3, 0.4) is 0 Å². The van der Waals surface area contributed by atoms with Crippen molar-refractivity contribution in [2.75, 3.05) is 13.7 Å². The number of nitrogens with zero attached hydrogens (tertiary/aromatic N) is 1. The first kappa shape index (κ1) is 14.7. The van der Waals surface area contributed by atoms with E-state index in [2.05, 4.69) is 4.74 Å².